The number of nitrogens with zero attached hydrogens (tertiary/aromatic N) is 1. The highest BCUT2D eigenvalue weighted by atomic mass is 19.1. The van der Waals surface area contributed by atoms with Crippen LogP contribution in [0.2, 0.25) is 0 Å². The Morgan fingerprint density at radius 1 is 1.03 bits per heavy atom. The van der Waals surface area contributed by atoms with Crippen LogP contribution in [0.5, 0.6) is 5.75 Å². The zero-order valence-corrected chi connectivity index (χ0v) is 18.6. The largest absolute Gasteiger partial charge is 0.507 e. The fraction of sp³-hybridized carbons (Fsp3) is 0.185. The van der Waals surface area contributed by atoms with Crippen molar-refractivity contribution in [1.82, 2.24) is 0 Å². The number of carbonyl (C=O) groups excluding carboxylic acids is 2. The average Bonchev–Trinajstić information content (AvgIpc) is 3.06. The maximum Gasteiger partial charge on any atom is 0.300 e. The van der Waals surface area contributed by atoms with Crippen molar-refractivity contribution < 1.29 is 23.8 Å². The lowest BCUT2D eigenvalue weighted by Gasteiger charge is -2.25. The van der Waals surface area contributed by atoms with E-state index in [1.165, 1.54) is 29.2 Å². The number of Topliss-reactive ketones (excluding diaryl/α,β-unsaturated/α-hetero) is 1. The van der Waals surface area contributed by atoms with E-state index in [0.717, 1.165) is 11.1 Å². The van der Waals surface area contributed by atoms with E-state index < -0.39 is 23.5 Å². The van der Waals surface area contributed by atoms with Crippen molar-refractivity contribution in [2.75, 3.05) is 11.5 Å². The van der Waals surface area contributed by atoms with Gasteiger partial charge < -0.3 is 9.84 Å². The minimum atomic E-state index is -0.903. The number of hydrogen-bond donors (Lipinski definition) is 1. The van der Waals surface area contributed by atoms with Gasteiger partial charge in [-0.15, -0.1) is 0 Å². The number of rotatable bonds is 5. The molecule has 4 rings (SSSR count). The number of hydrogen-bond acceptors (Lipinski definition) is 4. The molecule has 0 aliphatic carbocycles. The lowest BCUT2D eigenvalue weighted by atomic mass is 9.94. The van der Waals surface area contributed by atoms with Gasteiger partial charge in [0.05, 0.1) is 18.2 Å². The van der Waals surface area contributed by atoms with Gasteiger partial charge in [0.1, 0.15) is 17.3 Å². The number of benzene rings is 3. The van der Waals surface area contributed by atoms with Crippen LogP contribution >= 0.6 is 0 Å². The summed E-state index contributed by atoms with van der Waals surface area (Å²) in [4.78, 5) is 27.7. The van der Waals surface area contributed by atoms with Crippen LogP contribution in [0.3, 0.4) is 0 Å². The standard InChI is InChI=1S/C27H24FNO4/c1-4-33-22-13-10-19(15-17(22)3)25(30)23-24(18-8-11-20(28)12-9-18)29(27(32)26(23)31)21-7-5-6-16(2)14-21/h5-15,24,30H,4H2,1-3H3/b25-23-. The second-order valence-electron chi connectivity index (χ2n) is 7.97. The van der Waals surface area contributed by atoms with Crippen LogP contribution in [0.1, 0.15) is 35.2 Å². The van der Waals surface area contributed by atoms with Crippen LogP contribution in [0.15, 0.2) is 72.3 Å². The molecular weight excluding hydrogens is 421 g/mol. The third kappa shape index (κ3) is 4.12. The number of halogens is 1. The van der Waals surface area contributed by atoms with Gasteiger partial charge in [0.15, 0.2) is 0 Å². The molecule has 1 aliphatic rings. The molecule has 0 spiro atoms. The Balaban J connectivity index is 1.91. The predicted octanol–water partition coefficient (Wildman–Crippen LogP) is 5.47. The van der Waals surface area contributed by atoms with Crippen molar-refractivity contribution in [3.63, 3.8) is 0 Å². The number of anilines is 1. The summed E-state index contributed by atoms with van der Waals surface area (Å²) in [5.41, 5.74) is 3.08. The van der Waals surface area contributed by atoms with E-state index >= 15 is 0 Å². The summed E-state index contributed by atoms with van der Waals surface area (Å²) in [7, 11) is 0. The van der Waals surface area contributed by atoms with E-state index in [-0.39, 0.29) is 11.3 Å². The molecule has 1 atom stereocenters. The fourth-order valence-electron chi connectivity index (χ4n) is 4.11. The van der Waals surface area contributed by atoms with Crippen LogP contribution in [0.4, 0.5) is 10.1 Å². The third-order valence-electron chi connectivity index (χ3n) is 5.66. The van der Waals surface area contributed by atoms with Crippen LogP contribution in [-0.2, 0) is 9.59 Å². The highest BCUT2D eigenvalue weighted by molar-refractivity contribution is 6.51. The van der Waals surface area contributed by atoms with Gasteiger partial charge in [0, 0.05) is 11.3 Å². The molecule has 1 heterocycles. The number of ether oxygens (including phenoxy) is 1. The predicted molar refractivity (Wildman–Crippen MR) is 125 cm³/mol. The van der Waals surface area contributed by atoms with Gasteiger partial charge in [-0.05, 0) is 79.9 Å². The molecule has 1 fully saturated rings. The van der Waals surface area contributed by atoms with Crippen LogP contribution in [-0.4, -0.2) is 23.4 Å². The Kier molecular flexibility index (Phi) is 6.01. The summed E-state index contributed by atoms with van der Waals surface area (Å²) in [6, 6.07) is 17.0. The van der Waals surface area contributed by atoms with Gasteiger partial charge in [0.2, 0.25) is 0 Å². The Morgan fingerprint density at radius 3 is 2.39 bits per heavy atom. The minimum Gasteiger partial charge on any atom is -0.507 e. The summed E-state index contributed by atoms with van der Waals surface area (Å²) in [6.45, 7) is 6.10. The smallest absolute Gasteiger partial charge is 0.300 e. The average molecular weight is 445 g/mol. The molecule has 1 N–H and O–H groups in total. The maximum atomic E-state index is 13.6. The van der Waals surface area contributed by atoms with Gasteiger partial charge in [-0.3, -0.25) is 14.5 Å². The van der Waals surface area contributed by atoms with Crippen molar-refractivity contribution in [3.8, 4) is 5.75 Å². The molecular formula is C27H24FNO4. The summed E-state index contributed by atoms with van der Waals surface area (Å²) < 4.78 is 19.2. The molecule has 1 unspecified atom stereocenters. The SMILES string of the molecule is CCOc1ccc(/C(O)=C2/C(=O)C(=O)N(c3cccc(C)c3)C2c2ccc(F)cc2)cc1C. The number of aliphatic hydroxyl groups is 1. The molecule has 3 aromatic rings. The highest BCUT2D eigenvalue weighted by Gasteiger charge is 2.47. The van der Waals surface area contributed by atoms with E-state index in [9.17, 15) is 19.1 Å². The minimum absolute atomic E-state index is 0.0447. The molecule has 5 nitrogen and oxygen atoms in total. The molecule has 0 radical (unpaired) electrons. The molecule has 1 saturated heterocycles. The molecule has 3 aromatic carbocycles. The molecule has 1 aliphatic heterocycles. The van der Waals surface area contributed by atoms with E-state index in [2.05, 4.69) is 0 Å². The number of aryl methyl sites for hydroxylation is 2. The van der Waals surface area contributed by atoms with E-state index in [4.69, 9.17) is 4.74 Å². The van der Waals surface area contributed by atoms with Gasteiger partial charge in [-0.25, -0.2) is 4.39 Å². The fourth-order valence-corrected chi connectivity index (χ4v) is 4.11. The first-order chi connectivity index (χ1) is 15.8. The van der Waals surface area contributed by atoms with Crippen molar-refractivity contribution in [1.29, 1.82) is 0 Å². The summed E-state index contributed by atoms with van der Waals surface area (Å²) in [6.07, 6.45) is 0. The zero-order valence-electron chi connectivity index (χ0n) is 18.6. The molecule has 0 aromatic heterocycles. The monoisotopic (exact) mass is 445 g/mol. The van der Waals surface area contributed by atoms with Crippen LogP contribution in [0, 0.1) is 19.7 Å². The first kappa shape index (κ1) is 22.3. The summed E-state index contributed by atoms with van der Waals surface area (Å²) in [5.74, 6) is -1.60. The van der Waals surface area contributed by atoms with E-state index in [0.29, 0.717) is 29.2 Å². The number of aliphatic hydroxyl groups excluding tert-OH is 1. The normalized spacial score (nSPS) is 17.5. The van der Waals surface area contributed by atoms with Gasteiger partial charge in [0.25, 0.3) is 11.7 Å². The highest BCUT2D eigenvalue weighted by Crippen LogP contribution is 2.42. The topological polar surface area (TPSA) is 66.8 Å². The number of carbonyl (C=O) groups is 2. The molecule has 0 bridgehead atoms. The lowest BCUT2D eigenvalue weighted by Crippen LogP contribution is -2.29. The zero-order chi connectivity index (χ0) is 23.7. The first-order valence-corrected chi connectivity index (χ1v) is 10.7. The van der Waals surface area contributed by atoms with Crippen molar-refractivity contribution >= 4 is 23.1 Å². The second kappa shape index (κ2) is 8.90. The van der Waals surface area contributed by atoms with Crippen molar-refractivity contribution in [2.24, 2.45) is 0 Å². The lowest BCUT2D eigenvalue weighted by molar-refractivity contribution is -0.132. The number of amides is 1. The summed E-state index contributed by atoms with van der Waals surface area (Å²) >= 11 is 0. The maximum absolute atomic E-state index is 13.6. The van der Waals surface area contributed by atoms with Gasteiger partial charge in [-0.1, -0.05) is 24.3 Å². The molecule has 33 heavy (non-hydrogen) atoms. The Hall–Kier alpha value is -3.93. The van der Waals surface area contributed by atoms with Crippen LogP contribution in [0.25, 0.3) is 5.76 Å². The summed E-state index contributed by atoms with van der Waals surface area (Å²) in [5, 5.41) is 11.2. The number of ketones is 1. The molecule has 6 heteroatoms. The molecule has 0 saturated carbocycles. The van der Waals surface area contributed by atoms with E-state index in [1.54, 1.807) is 36.4 Å². The Bertz CT molecular complexity index is 1260. The molecule has 168 valence electrons. The first-order valence-electron chi connectivity index (χ1n) is 10.7. The van der Waals surface area contributed by atoms with E-state index in [1.807, 2.05) is 26.8 Å². The molecule has 1 amide bonds. The Labute approximate surface area is 191 Å². The second-order valence-corrected chi connectivity index (χ2v) is 7.97. The van der Waals surface area contributed by atoms with Gasteiger partial charge >= 0.3 is 0 Å². The van der Waals surface area contributed by atoms with Crippen molar-refractivity contribution in [3.05, 3.63) is 100 Å². The van der Waals surface area contributed by atoms with Crippen molar-refractivity contribution in [2.45, 2.75) is 26.8 Å². The quantitative estimate of drug-likeness (QED) is 0.321. The van der Waals surface area contributed by atoms with Gasteiger partial charge in [-0.2, -0.15) is 0 Å². The van der Waals surface area contributed by atoms with Crippen LogP contribution < -0.4 is 9.64 Å². The Morgan fingerprint density at radius 2 is 1.76 bits per heavy atom. The third-order valence-corrected chi connectivity index (χ3v) is 5.66.